The average molecular weight is 503 g/mol. The van der Waals surface area contributed by atoms with Gasteiger partial charge in [-0.15, -0.1) is 0 Å². The van der Waals surface area contributed by atoms with Gasteiger partial charge in [0.2, 0.25) is 10.4 Å². The van der Waals surface area contributed by atoms with Gasteiger partial charge in [-0.05, 0) is 91.4 Å². The summed E-state index contributed by atoms with van der Waals surface area (Å²) in [5.41, 5.74) is 1.16. The predicted octanol–water partition coefficient (Wildman–Crippen LogP) is 3.06. The monoisotopic (exact) mass is 502 g/mol. The average Bonchev–Trinajstić information content (AvgIpc) is 3.05. The molecular formula is C27H43NaO5S. The van der Waals surface area contributed by atoms with Gasteiger partial charge in [0, 0.05) is 5.92 Å². The normalized spacial score (nSPS) is 40.6. The zero-order chi connectivity index (χ0) is 24.2. The molecule has 0 radical (unpaired) electrons. The van der Waals surface area contributed by atoms with E-state index in [1.807, 2.05) is 6.08 Å². The molecule has 0 bridgehead atoms. The molecule has 4 aliphatic rings. The van der Waals surface area contributed by atoms with Crippen molar-refractivity contribution < 1.29 is 51.5 Å². The Hall–Kier alpha value is 0.280. The van der Waals surface area contributed by atoms with Gasteiger partial charge in [0.15, 0.2) is 5.78 Å². The molecule has 3 saturated carbocycles. The van der Waals surface area contributed by atoms with Gasteiger partial charge in [-0.25, -0.2) is 8.42 Å². The number of hydrogen-bond donors (Lipinski definition) is 0. The maximum absolute atomic E-state index is 13.5. The van der Waals surface area contributed by atoms with Crippen LogP contribution in [-0.4, -0.2) is 24.9 Å². The van der Waals surface area contributed by atoms with Crippen LogP contribution in [0.1, 0.15) is 98.8 Å². The van der Waals surface area contributed by atoms with Gasteiger partial charge >= 0.3 is 29.6 Å². The van der Waals surface area contributed by atoms with E-state index in [-0.39, 0.29) is 52.1 Å². The van der Waals surface area contributed by atoms with Crippen molar-refractivity contribution >= 4 is 16.2 Å². The van der Waals surface area contributed by atoms with Gasteiger partial charge in [-0.2, -0.15) is 0 Å². The van der Waals surface area contributed by atoms with E-state index in [1.54, 1.807) is 0 Å². The summed E-state index contributed by atoms with van der Waals surface area (Å²) in [4.78, 5) is 13.5. The summed E-state index contributed by atoms with van der Waals surface area (Å²) < 4.78 is 38.1. The van der Waals surface area contributed by atoms with Crippen molar-refractivity contribution in [1.82, 2.24) is 0 Å². The first-order valence-corrected chi connectivity index (χ1v) is 14.6. The molecule has 4 aliphatic carbocycles. The summed E-state index contributed by atoms with van der Waals surface area (Å²) in [7, 11) is -4.73. The van der Waals surface area contributed by atoms with Gasteiger partial charge in [0.25, 0.3) is 0 Å². The first-order chi connectivity index (χ1) is 15.3. The molecule has 8 atom stereocenters. The van der Waals surface area contributed by atoms with Crippen LogP contribution in [0.15, 0.2) is 11.6 Å². The first kappa shape index (κ1) is 28.8. The Kier molecular flexibility index (Phi) is 8.97. The molecule has 188 valence electrons. The minimum absolute atomic E-state index is 0. The van der Waals surface area contributed by atoms with Crippen molar-refractivity contribution in [3.63, 3.8) is 0 Å². The van der Waals surface area contributed by atoms with E-state index >= 15 is 0 Å². The zero-order valence-electron chi connectivity index (χ0n) is 22.1. The summed E-state index contributed by atoms with van der Waals surface area (Å²) in [6, 6.07) is 0. The fourth-order valence-electron chi connectivity index (χ4n) is 8.64. The Balaban J connectivity index is 0.00000324. The third-order valence-corrected chi connectivity index (χ3v) is 10.9. The largest absolute Gasteiger partial charge is 1.00 e. The molecule has 0 aromatic heterocycles. The Morgan fingerprint density at radius 1 is 1.06 bits per heavy atom. The molecule has 0 amide bonds. The quantitative estimate of drug-likeness (QED) is 0.304. The third kappa shape index (κ3) is 5.43. The van der Waals surface area contributed by atoms with Crippen LogP contribution >= 0.6 is 0 Å². The van der Waals surface area contributed by atoms with Crippen molar-refractivity contribution in [2.45, 2.75) is 105 Å². The smallest absolute Gasteiger partial charge is 0.726 e. The maximum atomic E-state index is 13.5. The number of allylic oxidation sites excluding steroid dienone is 1. The topological polar surface area (TPSA) is 83.5 Å². The second-order valence-electron chi connectivity index (χ2n) is 12.6. The molecule has 4 rings (SSSR count). The fraction of sp³-hybridized carbons (Fsp3) is 0.889. The predicted molar refractivity (Wildman–Crippen MR) is 128 cm³/mol. The van der Waals surface area contributed by atoms with E-state index in [9.17, 15) is 17.8 Å². The van der Waals surface area contributed by atoms with E-state index in [0.29, 0.717) is 36.5 Å². The summed E-state index contributed by atoms with van der Waals surface area (Å²) in [6.07, 6.45) is 11.4. The molecule has 34 heavy (non-hydrogen) atoms. The van der Waals surface area contributed by atoms with Gasteiger partial charge < -0.3 is 4.55 Å². The third-order valence-electron chi connectivity index (χ3n) is 10.4. The van der Waals surface area contributed by atoms with Crippen LogP contribution in [0.3, 0.4) is 0 Å². The minimum atomic E-state index is -4.73. The molecule has 7 heteroatoms. The van der Waals surface area contributed by atoms with Gasteiger partial charge in [0.05, 0.1) is 6.10 Å². The van der Waals surface area contributed by atoms with Crippen LogP contribution < -0.4 is 29.6 Å². The molecule has 0 N–H and O–H groups in total. The first-order valence-electron chi connectivity index (χ1n) is 13.2. The number of fused-ring (bicyclic) bond motifs is 5. The summed E-state index contributed by atoms with van der Waals surface area (Å²) >= 11 is 0. The molecule has 5 nitrogen and oxygen atoms in total. The zero-order valence-corrected chi connectivity index (χ0v) is 25.0. The van der Waals surface area contributed by atoms with E-state index < -0.39 is 16.5 Å². The Morgan fingerprint density at radius 3 is 2.41 bits per heavy atom. The van der Waals surface area contributed by atoms with E-state index in [0.717, 1.165) is 30.8 Å². The molecular weight excluding hydrogens is 459 g/mol. The van der Waals surface area contributed by atoms with Crippen LogP contribution in [-0.2, 0) is 19.4 Å². The number of carbonyl (C=O) groups is 1. The van der Waals surface area contributed by atoms with Crippen molar-refractivity contribution in [3.05, 3.63) is 11.6 Å². The Morgan fingerprint density at radius 2 is 1.76 bits per heavy atom. The van der Waals surface area contributed by atoms with Crippen molar-refractivity contribution in [2.75, 3.05) is 0 Å². The molecule has 0 aromatic rings. The van der Waals surface area contributed by atoms with E-state index in [4.69, 9.17) is 4.18 Å². The molecule has 0 aromatic carbocycles. The summed E-state index contributed by atoms with van der Waals surface area (Å²) in [6.45, 7) is 11.8. The van der Waals surface area contributed by atoms with Crippen molar-refractivity contribution in [2.24, 2.45) is 46.3 Å². The van der Waals surface area contributed by atoms with Crippen LogP contribution in [0.5, 0.6) is 0 Å². The van der Waals surface area contributed by atoms with Crippen molar-refractivity contribution in [1.29, 1.82) is 0 Å². The second kappa shape index (κ2) is 10.6. The Labute approximate surface area is 229 Å². The minimum Gasteiger partial charge on any atom is -0.726 e. The van der Waals surface area contributed by atoms with Crippen LogP contribution in [0, 0.1) is 46.3 Å². The molecule has 3 fully saturated rings. The number of carbonyl (C=O) groups excluding carboxylic acids is 1. The van der Waals surface area contributed by atoms with Crippen LogP contribution in [0.2, 0.25) is 0 Å². The molecule has 0 saturated heterocycles. The maximum Gasteiger partial charge on any atom is 1.00 e. The van der Waals surface area contributed by atoms with Gasteiger partial charge in [0.1, 0.15) is 0 Å². The SMILES string of the molecule is CC(C)CCCC(C)[C@H]1CCC2C3C(=O)C=C4CC(OS(=O)(=O)[O-])CC[C@]4(C)C3CC[C@@]21C.[Na+]. The fourth-order valence-corrected chi connectivity index (χ4v) is 9.14. The van der Waals surface area contributed by atoms with Crippen LogP contribution in [0.25, 0.3) is 0 Å². The summed E-state index contributed by atoms with van der Waals surface area (Å²) in [5, 5.41) is 0. The summed E-state index contributed by atoms with van der Waals surface area (Å²) in [5.74, 6) is 3.27. The molecule has 5 unspecified atom stereocenters. The standard InChI is InChI=1S/C27H44O5S.Na/c1-17(2)7-6-8-18(3)21-9-10-22-25-23(12-14-27(21,22)5)26(4)13-11-20(32-33(29,30)31)15-19(26)16-24(25)28;/h16-18,20-23,25H,6-15H2,1-5H3,(H,29,30,31);/q;+1/p-1/t18?,20?,21-,22?,23?,25?,26+,27-;/m1./s1. The van der Waals surface area contributed by atoms with E-state index in [2.05, 4.69) is 34.6 Å². The number of ketones is 1. The van der Waals surface area contributed by atoms with Gasteiger partial charge in [-0.3, -0.25) is 8.98 Å². The number of rotatable bonds is 7. The molecule has 0 heterocycles. The molecule has 0 aliphatic heterocycles. The van der Waals surface area contributed by atoms with Gasteiger partial charge in [-0.1, -0.05) is 59.5 Å². The number of hydrogen-bond acceptors (Lipinski definition) is 5. The van der Waals surface area contributed by atoms with E-state index in [1.165, 1.54) is 32.1 Å². The molecule has 0 spiro atoms. The Bertz CT molecular complexity index is 899. The van der Waals surface area contributed by atoms with Crippen LogP contribution in [0.4, 0.5) is 0 Å². The second-order valence-corrected chi connectivity index (χ2v) is 13.6. The van der Waals surface area contributed by atoms with Crippen molar-refractivity contribution in [3.8, 4) is 0 Å².